The van der Waals surface area contributed by atoms with E-state index in [1.807, 2.05) is 6.92 Å². The van der Waals surface area contributed by atoms with Gasteiger partial charge in [0.25, 0.3) is 5.91 Å². The van der Waals surface area contributed by atoms with Gasteiger partial charge >= 0.3 is 0 Å². The summed E-state index contributed by atoms with van der Waals surface area (Å²) in [6.07, 6.45) is 0. The Morgan fingerprint density at radius 3 is 2.70 bits per heavy atom. The van der Waals surface area contributed by atoms with Crippen molar-refractivity contribution in [2.45, 2.75) is 6.92 Å². The van der Waals surface area contributed by atoms with E-state index in [4.69, 9.17) is 11.6 Å². The zero-order valence-electron chi connectivity index (χ0n) is 12.0. The van der Waals surface area contributed by atoms with Gasteiger partial charge in [-0.05, 0) is 60.4 Å². The molecule has 1 N–H and O–H groups in total. The molecule has 0 fully saturated rings. The fraction of sp³-hybridized carbons (Fsp3) is 0.0625. The van der Waals surface area contributed by atoms with E-state index in [0.29, 0.717) is 26.8 Å². The molecule has 7 heteroatoms. The van der Waals surface area contributed by atoms with Crippen molar-refractivity contribution in [2.24, 2.45) is 0 Å². The standard InChI is InChI=1S/C16H11ClFN3OS/c1-9-12(17)3-2-4-13(9)19-16(22)15-14(20-21-23-15)10-5-7-11(18)8-6-10/h2-8H,1H3,(H,19,22). The van der Waals surface area contributed by atoms with Gasteiger partial charge in [-0.25, -0.2) is 4.39 Å². The maximum Gasteiger partial charge on any atom is 0.269 e. The lowest BCUT2D eigenvalue weighted by atomic mass is 10.1. The Labute approximate surface area is 141 Å². The van der Waals surface area contributed by atoms with Gasteiger partial charge in [-0.1, -0.05) is 22.2 Å². The Bertz CT molecular complexity index is 864. The van der Waals surface area contributed by atoms with Crippen molar-refractivity contribution in [1.82, 2.24) is 9.59 Å². The molecule has 0 spiro atoms. The molecule has 0 saturated heterocycles. The molecule has 3 rings (SSSR count). The highest BCUT2D eigenvalue weighted by molar-refractivity contribution is 7.08. The lowest BCUT2D eigenvalue weighted by Gasteiger charge is -2.09. The average molecular weight is 348 g/mol. The SMILES string of the molecule is Cc1c(Cl)cccc1NC(=O)c1snnc1-c1ccc(F)cc1. The fourth-order valence-corrected chi connectivity index (χ4v) is 2.82. The molecule has 1 heterocycles. The first-order valence-electron chi connectivity index (χ1n) is 6.71. The molecular formula is C16H11ClFN3OS. The lowest BCUT2D eigenvalue weighted by Crippen LogP contribution is -2.12. The van der Waals surface area contributed by atoms with Crippen LogP contribution in [0.5, 0.6) is 0 Å². The van der Waals surface area contributed by atoms with Crippen LogP contribution in [0.3, 0.4) is 0 Å². The molecule has 0 unspecified atom stereocenters. The monoisotopic (exact) mass is 347 g/mol. The second-order valence-electron chi connectivity index (χ2n) is 4.82. The molecule has 2 aromatic carbocycles. The largest absolute Gasteiger partial charge is 0.321 e. The number of hydrogen-bond donors (Lipinski definition) is 1. The van der Waals surface area contributed by atoms with E-state index in [-0.39, 0.29) is 11.7 Å². The van der Waals surface area contributed by atoms with Gasteiger partial charge in [0.1, 0.15) is 16.4 Å². The van der Waals surface area contributed by atoms with Crippen LogP contribution in [-0.4, -0.2) is 15.5 Å². The molecule has 0 aliphatic carbocycles. The van der Waals surface area contributed by atoms with Crippen LogP contribution in [0.25, 0.3) is 11.3 Å². The highest BCUT2D eigenvalue weighted by Crippen LogP contribution is 2.27. The smallest absolute Gasteiger partial charge is 0.269 e. The maximum absolute atomic E-state index is 13.0. The summed E-state index contributed by atoms with van der Waals surface area (Å²) in [5, 5.41) is 7.36. The Hall–Kier alpha value is -2.31. The summed E-state index contributed by atoms with van der Waals surface area (Å²) in [6.45, 7) is 1.82. The molecule has 0 aliphatic rings. The number of halogens is 2. The van der Waals surface area contributed by atoms with Crippen molar-refractivity contribution in [3.63, 3.8) is 0 Å². The van der Waals surface area contributed by atoms with Crippen molar-refractivity contribution < 1.29 is 9.18 Å². The molecule has 0 aliphatic heterocycles. The van der Waals surface area contributed by atoms with Gasteiger partial charge in [0.05, 0.1) is 0 Å². The van der Waals surface area contributed by atoms with E-state index in [1.165, 1.54) is 12.1 Å². The van der Waals surface area contributed by atoms with Crippen LogP contribution in [0, 0.1) is 12.7 Å². The number of benzene rings is 2. The topological polar surface area (TPSA) is 54.9 Å². The van der Waals surface area contributed by atoms with Gasteiger partial charge in [-0.15, -0.1) is 5.10 Å². The summed E-state index contributed by atoms with van der Waals surface area (Å²) in [5.74, 6) is -0.679. The quantitative estimate of drug-likeness (QED) is 0.755. The van der Waals surface area contributed by atoms with E-state index in [0.717, 1.165) is 17.1 Å². The van der Waals surface area contributed by atoms with E-state index in [2.05, 4.69) is 14.9 Å². The van der Waals surface area contributed by atoms with Crippen molar-refractivity contribution in [3.8, 4) is 11.3 Å². The maximum atomic E-state index is 13.0. The molecule has 0 bridgehead atoms. The van der Waals surface area contributed by atoms with Crippen LogP contribution in [0.2, 0.25) is 5.02 Å². The Balaban J connectivity index is 1.91. The Morgan fingerprint density at radius 1 is 1.22 bits per heavy atom. The number of nitrogens with one attached hydrogen (secondary N) is 1. The minimum atomic E-state index is -0.350. The number of aromatic nitrogens is 2. The average Bonchev–Trinajstić information content (AvgIpc) is 3.02. The number of nitrogens with zero attached hydrogens (tertiary/aromatic N) is 2. The highest BCUT2D eigenvalue weighted by atomic mass is 35.5. The second-order valence-corrected chi connectivity index (χ2v) is 5.99. The molecule has 3 aromatic rings. The summed E-state index contributed by atoms with van der Waals surface area (Å²) in [5.41, 5.74) is 2.46. The van der Waals surface area contributed by atoms with Crippen LogP contribution in [0.15, 0.2) is 42.5 Å². The number of rotatable bonds is 3. The molecule has 4 nitrogen and oxygen atoms in total. The van der Waals surface area contributed by atoms with E-state index < -0.39 is 0 Å². The zero-order valence-corrected chi connectivity index (χ0v) is 13.6. The molecule has 1 amide bonds. The van der Waals surface area contributed by atoms with Gasteiger partial charge in [0, 0.05) is 16.3 Å². The normalized spacial score (nSPS) is 10.6. The first-order valence-corrected chi connectivity index (χ1v) is 7.86. The predicted octanol–water partition coefficient (Wildman–Crippen LogP) is 4.56. The van der Waals surface area contributed by atoms with Crippen LogP contribution in [0.4, 0.5) is 10.1 Å². The minimum absolute atomic E-state index is 0.329. The van der Waals surface area contributed by atoms with Crippen LogP contribution in [0.1, 0.15) is 15.2 Å². The third-order valence-corrected chi connectivity index (χ3v) is 4.46. The third-order valence-electron chi connectivity index (χ3n) is 3.33. The fourth-order valence-electron chi connectivity index (χ4n) is 2.06. The third kappa shape index (κ3) is 3.23. The van der Waals surface area contributed by atoms with E-state index in [1.54, 1.807) is 30.3 Å². The Morgan fingerprint density at radius 2 is 1.96 bits per heavy atom. The number of carbonyl (C=O) groups is 1. The molecule has 23 heavy (non-hydrogen) atoms. The van der Waals surface area contributed by atoms with Gasteiger partial charge in [0.15, 0.2) is 0 Å². The van der Waals surface area contributed by atoms with Gasteiger partial charge in [-0.3, -0.25) is 4.79 Å². The van der Waals surface area contributed by atoms with Gasteiger partial charge < -0.3 is 5.32 Å². The first kappa shape index (κ1) is 15.6. The van der Waals surface area contributed by atoms with Gasteiger partial charge in [0.2, 0.25) is 0 Å². The number of anilines is 1. The summed E-state index contributed by atoms with van der Waals surface area (Å²) in [4.78, 5) is 12.9. The van der Waals surface area contributed by atoms with Crippen LogP contribution in [-0.2, 0) is 0 Å². The zero-order chi connectivity index (χ0) is 16.4. The second kappa shape index (κ2) is 6.44. The molecular weight excluding hydrogens is 337 g/mol. The molecule has 0 atom stereocenters. The number of carbonyl (C=O) groups excluding carboxylic acids is 1. The summed E-state index contributed by atoms with van der Waals surface area (Å²) in [6, 6.07) is 11.0. The summed E-state index contributed by atoms with van der Waals surface area (Å²) in [7, 11) is 0. The number of hydrogen-bond acceptors (Lipinski definition) is 4. The van der Waals surface area contributed by atoms with Crippen molar-refractivity contribution in [2.75, 3.05) is 5.32 Å². The minimum Gasteiger partial charge on any atom is -0.321 e. The van der Waals surface area contributed by atoms with E-state index in [9.17, 15) is 9.18 Å². The molecule has 1 aromatic heterocycles. The summed E-state index contributed by atoms with van der Waals surface area (Å²) < 4.78 is 16.9. The van der Waals surface area contributed by atoms with Crippen molar-refractivity contribution >= 4 is 34.7 Å². The molecule has 0 saturated carbocycles. The van der Waals surface area contributed by atoms with Crippen molar-refractivity contribution in [3.05, 3.63) is 63.7 Å². The first-order chi connectivity index (χ1) is 11.1. The van der Waals surface area contributed by atoms with Crippen LogP contribution < -0.4 is 5.32 Å². The predicted molar refractivity (Wildman–Crippen MR) is 89.4 cm³/mol. The molecule has 0 radical (unpaired) electrons. The lowest BCUT2D eigenvalue weighted by molar-refractivity contribution is 0.103. The highest BCUT2D eigenvalue weighted by Gasteiger charge is 2.19. The van der Waals surface area contributed by atoms with E-state index >= 15 is 0 Å². The number of amides is 1. The Kier molecular flexibility index (Phi) is 4.36. The summed E-state index contributed by atoms with van der Waals surface area (Å²) >= 11 is 7.04. The molecule has 116 valence electrons. The van der Waals surface area contributed by atoms with Crippen molar-refractivity contribution in [1.29, 1.82) is 0 Å². The van der Waals surface area contributed by atoms with Crippen LogP contribution >= 0.6 is 23.1 Å². The van der Waals surface area contributed by atoms with Gasteiger partial charge in [-0.2, -0.15) is 0 Å².